The molecule has 2 rings (SSSR count). The fourth-order valence-electron chi connectivity index (χ4n) is 3.41. The number of halogens is 1. The van der Waals surface area contributed by atoms with Crippen LogP contribution in [0.4, 0.5) is 9.18 Å². The van der Waals surface area contributed by atoms with Crippen molar-refractivity contribution < 1.29 is 19.1 Å². The summed E-state index contributed by atoms with van der Waals surface area (Å²) >= 11 is 0. The zero-order valence-electron chi connectivity index (χ0n) is 13.4. The van der Waals surface area contributed by atoms with Gasteiger partial charge in [0, 0.05) is 12.1 Å². The van der Waals surface area contributed by atoms with Gasteiger partial charge in [-0.15, -0.1) is 0 Å². The molecular formula is C17H22FNO3. The highest BCUT2D eigenvalue weighted by atomic mass is 19.1. The largest absolute Gasteiger partial charge is 0.465 e. The van der Waals surface area contributed by atoms with Crippen molar-refractivity contribution in [2.24, 2.45) is 5.41 Å². The van der Waals surface area contributed by atoms with E-state index in [-0.39, 0.29) is 11.3 Å². The summed E-state index contributed by atoms with van der Waals surface area (Å²) in [6, 6.07) is 4.34. The number of carboxylic acid groups (broad SMARTS) is 1. The van der Waals surface area contributed by atoms with E-state index in [9.17, 15) is 19.1 Å². The maximum Gasteiger partial charge on any atom is 0.408 e. The molecular weight excluding hydrogens is 285 g/mol. The van der Waals surface area contributed by atoms with Crippen molar-refractivity contribution >= 4 is 11.9 Å². The number of benzene rings is 1. The van der Waals surface area contributed by atoms with E-state index in [4.69, 9.17) is 0 Å². The van der Waals surface area contributed by atoms with Crippen LogP contribution in [0.15, 0.2) is 18.2 Å². The Morgan fingerprint density at radius 3 is 2.45 bits per heavy atom. The van der Waals surface area contributed by atoms with Gasteiger partial charge in [-0.25, -0.2) is 9.18 Å². The highest BCUT2D eigenvalue weighted by molar-refractivity contribution is 6.05. The summed E-state index contributed by atoms with van der Waals surface area (Å²) in [5, 5.41) is 9.51. The lowest BCUT2D eigenvalue weighted by Gasteiger charge is -2.45. The van der Waals surface area contributed by atoms with E-state index >= 15 is 0 Å². The van der Waals surface area contributed by atoms with Gasteiger partial charge >= 0.3 is 6.09 Å². The molecule has 1 aliphatic rings. The Morgan fingerprint density at radius 2 is 1.95 bits per heavy atom. The van der Waals surface area contributed by atoms with E-state index < -0.39 is 22.9 Å². The summed E-state index contributed by atoms with van der Waals surface area (Å²) in [6.45, 7) is 7.53. The molecule has 1 heterocycles. The molecule has 0 radical (unpaired) electrons. The number of Topliss-reactive ketones (excluding diaryl/α,β-unsaturated/α-hetero) is 1. The predicted octanol–water partition coefficient (Wildman–Crippen LogP) is 3.88. The summed E-state index contributed by atoms with van der Waals surface area (Å²) in [7, 11) is 0. The molecule has 0 aromatic heterocycles. The summed E-state index contributed by atoms with van der Waals surface area (Å²) in [5.74, 6) is -0.770. The monoisotopic (exact) mass is 307 g/mol. The maximum absolute atomic E-state index is 13.8. The van der Waals surface area contributed by atoms with E-state index in [1.54, 1.807) is 19.1 Å². The number of hydrogen-bond donors (Lipinski definition) is 1. The fraction of sp³-hybridized carbons (Fsp3) is 0.529. The number of likely N-dealkylation sites (tertiary alicyclic amines) is 1. The first-order valence-electron chi connectivity index (χ1n) is 7.43. The lowest BCUT2D eigenvalue weighted by Crippen LogP contribution is -2.60. The van der Waals surface area contributed by atoms with Gasteiger partial charge in [-0.2, -0.15) is 0 Å². The normalized spacial score (nSPS) is 22.0. The van der Waals surface area contributed by atoms with Gasteiger partial charge in [-0.1, -0.05) is 32.9 Å². The minimum Gasteiger partial charge on any atom is -0.465 e. The van der Waals surface area contributed by atoms with Gasteiger partial charge in [0.1, 0.15) is 11.4 Å². The number of aryl methyl sites for hydroxylation is 1. The fourth-order valence-corrected chi connectivity index (χ4v) is 3.41. The van der Waals surface area contributed by atoms with Crippen molar-refractivity contribution in [3.8, 4) is 0 Å². The molecule has 0 spiro atoms. The van der Waals surface area contributed by atoms with E-state index in [1.165, 1.54) is 11.0 Å². The molecule has 5 heteroatoms. The van der Waals surface area contributed by atoms with Gasteiger partial charge in [0.25, 0.3) is 0 Å². The van der Waals surface area contributed by atoms with Crippen LogP contribution in [0.3, 0.4) is 0 Å². The van der Waals surface area contributed by atoms with Crippen LogP contribution in [0, 0.1) is 18.2 Å². The number of nitrogens with zero attached hydrogens (tertiary/aromatic N) is 1. The van der Waals surface area contributed by atoms with Gasteiger partial charge in [-0.3, -0.25) is 9.69 Å². The summed E-state index contributed by atoms with van der Waals surface area (Å²) < 4.78 is 13.8. The number of carbonyl (C=O) groups is 2. The zero-order chi connectivity index (χ0) is 16.7. The average Bonchev–Trinajstić information content (AvgIpc) is 2.86. The average molecular weight is 307 g/mol. The lowest BCUT2D eigenvalue weighted by atomic mass is 9.67. The standard InChI is InChI=1S/C17H22FNO3/c1-11-6-7-12(10-13(11)18)14(20)17(16(2,3)4)8-5-9-19(17)15(21)22/h6-7,10H,5,8-9H2,1-4H3,(H,21,22)/t17-/m1/s1. The van der Waals surface area contributed by atoms with Crippen molar-refractivity contribution in [3.05, 3.63) is 35.1 Å². The first-order valence-corrected chi connectivity index (χ1v) is 7.43. The van der Waals surface area contributed by atoms with Crippen LogP contribution in [-0.2, 0) is 0 Å². The minimum absolute atomic E-state index is 0.228. The molecule has 4 nitrogen and oxygen atoms in total. The van der Waals surface area contributed by atoms with Crippen LogP contribution >= 0.6 is 0 Å². The number of carbonyl (C=O) groups excluding carboxylic acids is 1. The van der Waals surface area contributed by atoms with Crippen LogP contribution in [0.5, 0.6) is 0 Å². The van der Waals surface area contributed by atoms with Crippen LogP contribution in [0.2, 0.25) is 0 Å². The summed E-state index contributed by atoms with van der Waals surface area (Å²) in [4.78, 5) is 26.0. The van der Waals surface area contributed by atoms with Crippen molar-refractivity contribution in [1.82, 2.24) is 4.90 Å². The first-order chi connectivity index (χ1) is 10.1. The minimum atomic E-state index is -1.15. The SMILES string of the molecule is Cc1ccc(C(=O)[C@@]2(C(C)(C)C)CCCN2C(=O)O)cc1F. The van der Waals surface area contributed by atoms with Crippen molar-refractivity contribution in [3.63, 3.8) is 0 Å². The lowest BCUT2D eigenvalue weighted by molar-refractivity contribution is 0.0274. The third-order valence-electron chi connectivity index (χ3n) is 4.66. The molecule has 0 saturated carbocycles. The van der Waals surface area contributed by atoms with Gasteiger partial charge < -0.3 is 5.11 Å². The Morgan fingerprint density at radius 1 is 1.32 bits per heavy atom. The van der Waals surface area contributed by atoms with Crippen LogP contribution in [-0.4, -0.2) is 34.0 Å². The molecule has 1 amide bonds. The Bertz CT molecular complexity index is 621. The van der Waals surface area contributed by atoms with Crippen LogP contribution in [0.1, 0.15) is 49.5 Å². The van der Waals surface area contributed by atoms with E-state index in [2.05, 4.69) is 0 Å². The first kappa shape index (κ1) is 16.5. The Balaban J connectivity index is 2.57. The quantitative estimate of drug-likeness (QED) is 0.844. The highest BCUT2D eigenvalue weighted by Crippen LogP contribution is 2.46. The van der Waals surface area contributed by atoms with E-state index in [0.29, 0.717) is 24.9 Å². The summed E-state index contributed by atoms with van der Waals surface area (Å²) in [6.07, 6.45) is -0.0193. The highest BCUT2D eigenvalue weighted by Gasteiger charge is 2.57. The molecule has 0 unspecified atom stereocenters. The van der Waals surface area contributed by atoms with Gasteiger partial charge in [0.2, 0.25) is 0 Å². The Hall–Kier alpha value is -1.91. The third kappa shape index (κ3) is 2.38. The number of rotatable bonds is 2. The van der Waals surface area contributed by atoms with Gasteiger partial charge in [0.05, 0.1) is 0 Å². The van der Waals surface area contributed by atoms with Crippen molar-refractivity contribution in [2.45, 2.75) is 46.1 Å². The van der Waals surface area contributed by atoms with Crippen molar-refractivity contribution in [2.75, 3.05) is 6.54 Å². The molecule has 22 heavy (non-hydrogen) atoms. The van der Waals surface area contributed by atoms with Gasteiger partial charge in [0.15, 0.2) is 5.78 Å². The van der Waals surface area contributed by atoms with Crippen LogP contribution in [0.25, 0.3) is 0 Å². The molecule has 0 bridgehead atoms. The van der Waals surface area contributed by atoms with Gasteiger partial charge in [-0.05, 0) is 36.8 Å². The molecule has 1 saturated heterocycles. The predicted molar refractivity (Wildman–Crippen MR) is 81.6 cm³/mol. The summed E-state index contributed by atoms with van der Waals surface area (Å²) in [5.41, 5.74) is -1.05. The topological polar surface area (TPSA) is 57.6 Å². The van der Waals surface area contributed by atoms with E-state index in [0.717, 1.165) is 0 Å². The van der Waals surface area contributed by atoms with Crippen molar-refractivity contribution in [1.29, 1.82) is 0 Å². The van der Waals surface area contributed by atoms with Crippen LogP contribution < -0.4 is 0 Å². The Labute approximate surface area is 129 Å². The molecule has 1 N–H and O–H groups in total. The number of ketones is 1. The number of hydrogen-bond acceptors (Lipinski definition) is 2. The second-order valence-corrected chi connectivity index (χ2v) is 6.94. The third-order valence-corrected chi connectivity index (χ3v) is 4.66. The molecule has 1 aromatic rings. The molecule has 1 atom stereocenters. The second-order valence-electron chi connectivity index (χ2n) is 6.94. The second kappa shape index (κ2) is 5.38. The smallest absolute Gasteiger partial charge is 0.408 e. The maximum atomic E-state index is 13.8. The number of amides is 1. The van der Waals surface area contributed by atoms with E-state index in [1.807, 2.05) is 20.8 Å². The molecule has 1 aliphatic heterocycles. The molecule has 120 valence electrons. The molecule has 0 aliphatic carbocycles. The Kier molecular flexibility index (Phi) is 4.02. The molecule has 1 aromatic carbocycles. The zero-order valence-corrected chi connectivity index (χ0v) is 13.4. The molecule has 1 fully saturated rings.